The quantitative estimate of drug-likeness (QED) is 0.749. The number of nitriles is 1. The molecule has 1 fully saturated rings. The number of carbonyl (C=O) groups excluding carboxylic acids is 1. The molecule has 0 radical (unpaired) electrons. The van der Waals surface area contributed by atoms with Gasteiger partial charge in [0.25, 0.3) is 0 Å². The van der Waals surface area contributed by atoms with Gasteiger partial charge in [-0.15, -0.1) is 0 Å². The maximum atomic E-state index is 11.4. The molecule has 3 nitrogen and oxygen atoms in total. The van der Waals surface area contributed by atoms with Crippen LogP contribution in [0.4, 0.5) is 5.69 Å². The molecule has 0 N–H and O–H groups in total. The van der Waals surface area contributed by atoms with Gasteiger partial charge in [-0.3, -0.25) is 4.79 Å². The van der Waals surface area contributed by atoms with E-state index in [2.05, 4.69) is 0 Å². The van der Waals surface area contributed by atoms with Gasteiger partial charge in [0.15, 0.2) is 5.78 Å². The van der Waals surface area contributed by atoms with E-state index >= 15 is 0 Å². The van der Waals surface area contributed by atoms with Gasteiger partial charge in [0, 0.05) is 18.7 Å². The van der Waals surface area contributed by atoms with E-state index in [4.69, 9.17) is 16.9 Å². The highest BCUT2D eigenvalue weighted by Gasteiger charge is 2.28. The minimum Gasteiger partial charge on any atom is -0.361 e. The first-order chi connectivity index (χ1) is 7.63. The molecular weight excluding hydrogens is 224 g/mol. The topological polar surface area (TPSA) is 44.1 Å². The smallest absolute Gasteiger partial charge is 0.156 e. The van der Waals surface area contributed by atoms with Crippen LogP contribution in [0.3, 0.4) is 0 Å². The molecule has 0 saturated carbocycles. The second-order valence-corrected chi connectivity index (χ2v) is 4.27. The molecule has 16 heavy (non-hydrogen) atoms. The third-order valence-corrected chi connectivity index (χ3v) is 3.25. The second-order valence-electron chi connectivity index (χ2n) is 3.86. The molecule has 1 aromatic rings. The number of anilines is 1. The van der Waals surface area contributed by atoms with Gasteiger partial charge in [-0.05, 0) is 25.1 Å². The van der Waals surface area contributed by atoms with Gasteiger partial charge in [-0.2, -0.15) is 5.26 Å². The predicted octanol–water partition coefficient (Wildman–Crippen LogP) is 2.38. The van der Waals surface area contributed by atoms with E-state index in [9.17, 15) is 4.79 Å². The van der Waals surface area contributed by atoms with E-state index in [-0.39, 0.29) is 11.8 Å². The van der Waals surface area contributed by atoms with Crippen LogP contribution in [0.15, 0.2) is 18.2 Å². The number of hydrogen-bond donors (Lipinski definition) is 0. The van der Waals surface area contributed by atoms with Crippen molar-refractivity contribution in [3.05, 3.63) is 28.8 Å². The molecule has 1 atom stereocenters. The molecular formula is C12H11ClN2O. The second kappa shape index (κ2) is 4.15. The molecule has 0 spiro atoms. The lowest BCUT2D eigenvalue weighted by Gasteiger charge is -2.22. The summed E-state index contributed by atoms with van der Waals surface area (Å²) in [6.07, 6.45) is 0.582. The number of halogens is 1. The summed E-state index contributed by atoms with van der Waals surface area (Å²) in [7, 11) is 0. The van der Waals surface area contributed by atoms with Crippen molar-refractivity contribution in [2.75, 3.05) is 11.4 Å². The zero-order chi connectivity index (χ0) is 11.7. The lowest BCUT2D eigenvalue weighted by atomic mass is 10.2. The van der Waals surface area contributed by atoms with Gasteiger partial charge in [-0.1, -0.05) is 11.6 Å². The third kappa shape index (κ3) is 1.77. The highest BCUT2D eigenvalue weighted by molar-refractivity contribution is 6.32. The van der Waals surface area contributed by atoms with Gasteiger partial charge in [0.05, 0.1) is 16.6 Å². The van der Waals surface area contributed by atoms with Crippen LogP contribution in [-0.4, -0.2) is 18.4 Å². The molecule has 1 saturated heterocycles. The molecule has 0 aliphatic carbocycles. The summed E-state index contributed by atoms with van der Waals surface area (Å²) in [5.41, 5.74) is 1.37. The molecule has 1 unspecified atom stereocenters. The average Bonchev–Trinajstić information content (AvgIpc) is 2.60. The average molecular weight is 235 g/mol. The lowest BCUT2D eigenvalue weighted by Crippen LogP contribution is -2.29. The molecule has 1 aliphatic rings. The van der Waals surface area contributed by atoms with Crippen molar-refractivity contribution in [3.8, 4) is 6.07 Å². The normalized spacial score (nSPS) is 19.9. The summed E-state index contributed by atoms with van der Waals surface area (Å²) >= 11 is 5.96. The first-order valence-corrected chi connectivity index (χ1v) is 5.50. The summed E-state index contributed by atoms with van der Waals surface area (Å²) in [5, 5.41) is 9.20. The Morgan fingerprint density at radius 3 is 2.81 bits per heavy atom. The third-order valence-electron chi connectivity index (χ3n) is 2.94. The Morgan fingerprint density at radius 2 is 2.31 bits per heavy atom. The molecule has 1 aliphatic heterocycles. The van der Waals surface area contributed by atoms with Gasteiger partial charge in [-0.25, -0.2) is 0 Å². The fourth-order valence-electron chi connectivity index (χ4n) is 1.93. The SMILES string of the molecule is CC1C(=O)CCN1c1ccc(C#N)c(Cl)c1. The van der Waals surface area contributed by atoms with Crippen LogP contribution in [-0.2, 0) is 4.79 Å². The summed E-state index contributed by atoms with van der Waals surface area (Å²) < 4.78 is 0. The van der Waals surface area contributed by atoms with Gasteiger partial charge < -0.3 is 4.90 Å². The van der Waals surface area contributed by atoms with Crippen LogP contribution in [0.5, 0.6) is 0 Å². The number of carbonyl (C=O) groups is 1. The van der Waals surface area contributed by atoms with E-state index in [1.165, 1.54) is 0 Å². The molecule has 2 rings (SSSR count). The zero-order valence-electron chi connectivity index (χ0n) is 8.90. The Kier molecular flexibility index (Phi) is 2.84. The standard InChI is InChI=1S/C12H11ClN2O/c1-8-12(16)4-5-15(8)10-3-2-9(7-14)11(13)6-10/h2-3,6,8H,4-5H2,1H3. The first kappa shape index (κ1) is 11.0. The molecule has 4 heteroatoms. The Morgan fingerprint density at radius 1 is 1.56 bits per heavy atom. The highest BCUT2D eigenvalue weighted by atomic mass is 35.5. The van der Waals surface area contributed by atoms with Crippen LogP contribution >= 0.6 is 11.6 Å². The van der Waals surface area contributed by atoms with Crippen LogP contribution in [0, 0.1) is 11.3 Å². The highest BCUT2D eigenvalue weighted by Crippen LogP contribution is 2.27. The zero-order valence-corrected chi connectivity index (χ0v) is 9.66. The monoisotopic (exact) mass is 234 g/mol. The largest absolute Gasteiger partial charge is 0.361 e. The Bertz CT molecular complexity index is 478. The van der Waals surface area contributed by atoms with Crippen molar-refractivity contribution in [2.24, 2.45) is 0 Å². The van der Waals surface area contributed by atoms with E-state index in [1.54, 1.807) is 12.1 Å². The summed E-state index contributed by atoms with van der Waals surface area (Å²) in [6.45, 7) is 2.61. The van der Waals surface area contributed by atoms with Crippen LogP contribution in [0.2, 0.25) is 5.02 Å². The minimum absolute atomic E-state index is 0.0935. The van der Waals surface area contributed by atoms with E-state index in [0.29, 0.717) is 17.0 Å². The van der Waals surface area contributed by atoms with E-state index in [1.807, 2.05) is 24.0 Å². The van der Waals surface area contributed by atoms with Crippen molar-refractivity contribution < 1.29 is 4.79 Å². The maximum absolute atomic E-state index is 11.4. The molecule has 0 aromatic heterocycles. The minimum atomic E-state index is -0.0935. The molecule has 82 valence electrons. The molecule has 1 aromatic carbocycles. The fraction of sp³-hybridized carbons (Fsp3) is 0.333. The van der Waals surface area contributed by atoms with Crippen molar-refractivity contribution in [2.45, 2.75) is 19.4 Å². The maximum Gasteiger partial charge on any atom is 0.156 e. The van der Waals surface area contributed by atoms with Gasteiger partial charge in [0.2, 0.25) is 0 Å². The fourth-order valence-corrected chi connectivity index (χ4v) is 2.15. The van der Waals surface area contributed by atoms with E-state index < -0.39 is 0 Å². The van der Waals surface area contributed by atoms with Gasteiger partial charge >= 0.3 is 0 Å². The Hall–Kier alpha value is -1.53. The Balaban J connectivity index is 2.33. The number of hydrogen-bond acceptors (Lipinski definition) is 3. The van der Waals surface area contributed by atoms with E-state index in [0.717, 1.165) is 12.2 Å². The van der Waals surface area contributed by atoms with Gasteiger partial charge in [0.1, 0.15) is 6.07 Å². The van der Waals surface area contributed by atoms with Crippen molar-refractivity contribution in [1.29, 1.82) is 5.26 Å². The molecule has 0 bridgehead atoms. The molecule has 0 amide bonds. The van der Waals surface area contributed by atoms with Crippen molar-refractivity contribution in [1.82, 2.24) is 0 Å². The summed E-state index contributed by atoms with van der Waals surface area (Å²) in [4.78, 5) is 13.4. The summed E-state index contributed by atoms with van der Waals surface area (Å²) in [5.74, 6) is 0.250. The van der Waals surface area contributed by atoms with Crippen molar-refractivity contribution >= 4 is 23.1 Å². The number of rotatable bonds is 1. The summed E-state index contributed by atoms with van der Waals surface area (Å²) in [6, 6.07) is 7.19. The number of Topliss-reactive ketones (excluding diaryl/α,β-unsaturated/α-hetero) is 1. The van der Waals surface area contributed by atoms with Crippen LogP contribution < -0.4 is 4.90 Å². The molecule has 1 heterocycles. The first-order valence-electron chi connectivity index (χ1n) is 5.12. The number of benzene rings is 1. The number of ketones is 1. The predicted molar refractivity (Wildman–Crippen MR) is 62.6 cm³/mol. The van der Waals surface area contributed by atoms with Crippen LogP contribution in [0.25, 0.3) is 0 Å². The van der Waals surface area contributed by atoms with Crippen molar-refractivity contribution in [3.63, 3.8) is 0 Å². The number of nitrogens with zero attached hydrogens (tertiary/aromatic N) is 2. The Labute approximate surface area is 99.2 Å². The van der Waals surface area contributed by atoms with Crippen LogP contribution in [0.1, 0.15) is 18.9 Å². The lowest BCUT2D eigenvalue weighted by molar-refractivity contribution is -0.118.